The highest BCUT2D eigenvalue weighted by Gasteiger charge is 2.24. The zero-order valence-electron chi connectivity index (χ0n) is 19.4. The molecule has 0 saturated heterocycles. The van der Waals surface area contributed by atoms with Crippen molar-refractivity contribution in [2.75, 3.05) is 37.3 Å². The number of para-hydroxylation sites is 2. The molecule has 34 heavy (non-hydrogen) atoms. The predicted molar refractivity (Wildman–Crippen MR) is 143 cm³/mol. The van der Waals surface area contributed by atoms with E-state index in [9.17, 15) is 0 Å². The Morgan fingerprint density at radius 1 is 1.18 bits per heavy atom. The van der Waals surface area contributed by atoms with Gasteiger partial charge in [0.2, 0.25) is 0 Å². The lowest BCUT2D eigenvalue weighted by atomic mass is 10.2. The minimum atomic E-state index is 0.797. The first kappa shape index (κ1) is 22.8. The van der Waals surface area contributed by atoms with E-state index < -0.39 is 0 Å². The summed E-state index contributed by atoms with van der Waals surface area (Å²) in [6, 6.07) is 21.1. The summed E-state index contributed by atoms with van der Waals surface area (Å²) in [5.74, 6) is 1.76. The van der Waals surface area contributed by atoms with Crippen molar-refractivity contribution >= 4 is 41.2 Å². The van der Waals surface area contributed by atoms with Crippen molar-refractivity contribution < 1.29 is 4.57 Å². The van der Waals surface area contributed by atoms with Gasteiger partial charge in [-0.3, -0.25) is 0 Å². The summed E-state index contributed by atoms with van der Waals surface area (Å²) < 4.78 is 2.25. The molecule has 0 radical (unpaired) electrons. The summed E-state index contributed by atoms with van der Waals surface area (Å²) in [5.41, 5.74) is 4.51. The van der Waals surface area contributed by atoms with Gasteiger partial charge in [-0.2, -0.15) is 4.57 Å². The van der Waals surface area contributed by atoms with E-state index in [0.29, 0.717) is 0 Å². The van der Waals surface area contributed by atoms with Crippen LogP contribution in [0.2, 0.25) is 0 Å². The van der Waals surface area contributed by atoms with Crippen LogP contribution >= 0.6 is 23.5 Å². The Morgan fingerprint density at radius 2 is 2.00 bits per heavy atom. The number of benzene rings is 2. The minimum Gasteiger partial charge on any atom is -0.440 e. The van der Waals surface area contributed by atoms with Crippen LogP contribution in [0.4, 0.5) is 5.69 Å². The van der Waals surface area contributed by atoms with E-state index >= 15 is 0 Å². The summed E-state index contributed by atoms with van der Waals surface area (Å²) in [6.45, 7) is 4.63. The number of nitrogens with zero attached hydrogens (tertiary/aromatic N) is 5. The normalized spacial score (nSPS) is 15.9. The Hall–Kier alpha value is -2.97. The fourth-order valence-corrected chi connectivity index (χ4v) is 6.08. The molecule has 2 aromatic carbocycles. The third-order valence-electron chi connectivity index (χ3n) is 5.64. The molecule has 174 valence electrons. The van der Waals surface area contributed by atoms with E-state index in [1.54, 1.807) is 23.5 Å². The van der Waals surface area contributed by atoms with Crippen molar-refractivity contribution in [3.05, 3.63) is 82.4 Å². The molecule has 0 fully saturated rings. The van der Waals surface area contributed by atoms with E-state index in [2.05, 4.69) is 99.7 Å². The number of guanidine groups is 1. The second kappa shape index (κ2) is 10.5. The first-order chi connectivity index (χ1) is 16.7. The van der Waals surface area contributed by atoms with Gasteiger partial charge < -0.3 is 20.5 Å². The van der Waals surface area contributed by atoms with Crippen LogP contribution in [0.5, 0.6) is 0 Å². The number of aryl methyl sites for hydroxylation is 1. The third kappa shape index (κ3) is 5.08. The van der Waals surface area contributed by atoms with Gasteiger partial charge in [-0.05, 0) is 74.0 Å². The van der Waals surface area contributed by atoms with Gasteiger partial charge in [0.25, 0.3) is 0 Å². The number of thioether (sulfide) groups is 2. The molecule has 1 N–H and O–H groups in total. The molecule has 8 heteroatoms. The standard InChI is InChI=1S/C26H28N6S2/c1-19-17-20(18-24-31(2)22-11-6-7-12-23(22)34-24)30-26(32(19)21-9-4-3-5-10-21)33-16-8-13-27-25-28-14-15-29-25/h3-7,9-12,17-18H,8,13-16H2,1-2H3,(H-,27,28,29). The predicted octanol–water partition coefficient (Wildman–Crippen LogP) is 5.02. The second-order valence-corrected chi connectivity index (χ2v) is 10.2. The van der Waals surface area contributed by atoms with E-state index in [0.717, 1.165) is 60.0 Å². The van der Waals surface area contributed by atoms with Crippen molar-refractivity contribution in [1.29, 1.82) is 0 Å². The van der Waals surface area contributed by atoms with Crippen LogP contribution in [0.15, 0.2) is 80.7 Å². The zero-order chi connectivity index (χ0) is 23.3. The van der Waals surface area contributed by atoms with E-state index in [1.807, 2.05) is 6.07 Å². The third-order valence-corrected chi connectivity index (χ3v) is 7.83. The Bertz CT molecular complexity index is 1230. The van der Waals surface area contributed by atoms with Gasteiger partial charge in [0.15, 0.2) is 5.69 Å². The molecule has 0 bridgehead atoms. The largest absolute Gasteiger partial charge is 0.440 e. The minimum absolute atomic E-state index is 0.797. The molecule has 0 amide bonds. The van der Waals surface area contributed by atoms with Crippen LogP contribution < -0.4 is 14.8 Å². The monoisotopic (exact) mass is 488 g/mol. The van der Waals surface area contributed by atoms with Gasteiger partial charge in [0.1, 0.15) is 11.4 Å². The molecular weight excluding hydrogens is 460 g/mol. The molecule has 2 aliphatic rings. The van der Waals surface area contributed by atoms with Gasteiger partial charge >= 0.3 is 5.16 Å². The number of anilines is 1. The molecule has 0 spiro atoms. The Balaban J connectivity index is 1.37. The molecule has 0 aliphatic carbocycles. The van der Waals surface area contributed by atoms with Gasteiger partial charge in [-0.15, -0.1) is 0 Å². The second-order valence-electron chi connectivity index (χ2n) is 8.10. The van der Waals surface area contributed by atoms with Crippen molar-refractivity contribution in [2.45, 2.75) is 23.4 Å². The van der Waals surface area contributed by atoms with Crippen LogP contribution in [-0.2, 0) is 0 Å². The van der Waals surface area contributed by atoms with Crippen molar-refractivity contribution in [2.24, 2.45) is 4.99 Å². The van der Waals surface area contributed by atoms with Crippen molar-refractivity contribution in [3.8, 4) is 5.69 Å². The molecule has 1 aromatic heterocycles. The molecule has 0 atom stereocenters. The lowest BCUT2D eigenvalue weighted by molar-refractivity contribution is -0.647. The number of hydrogen-bond donors (Lipinski definition) is 1. The maximum absolute atomic E-state index is 5.09. The van der Waals surface area contributed by atoms with Gasteiger partial charge in [-0.1, -0.05) is 42.1 Å². The average molecular weight is 489 g/mol. The van der Waals surface area contributed by atoms with Crippen molar-refractivity contribution in [3.63, 3.8) is 0 Å². The summed E-state index contributed by atoms with van der Waals surface area (Å²) in [7, 11) is 2.12. The molecule has 3 heterocycles. The van der Waals surface area contributed by atoms with Crippen molar-refractivity contribution in [1.82, 2.24) is 10.3 Å². The van der Waals surface area contributed by atoms with Crippen LogP contribution in [0, 0.1) is 6.92 Å². The molecule has 5 rings (SSSR count). The number of aromatic nitrogens is 2. The van der Waals surface area contributed by atoms with E-state index in [-0.39, 0.29) is 0 Å². The van der Waals surface area contributed by atoms with Crippen LogP contribution in [-0.4, -0.2) is 43.4 Å². The SMILES string of the molecule is Cc1cc(/C=C2\Sc3ccccc3N2C)nc(SCCCNC2=NCC[N-]2)[n+]1-c1ccccc1. The Labute approximate surface area is 209 Å². The summed E-state index contributed by atoms with van der Waals surface area (Å²) >= 11 is 3.58. The maximum atomic E-state index is 5.09. The lowest BCUT2D eigenvalue weighted by Crippen LogP contribution is -2.38. The maximum Gasteiger partial charge on any atom is 0.365 e. The molecule has 3 aromatic rings. The highest BCUT2D eigenvalue weighted by Crippen LogP contribution is 2.45. The fourth-order valence-electron chi connectivity index (χ4n) is 3.97. The molecule has 0 saturated carbocycles. The highest BCUT2D eigenvalue weighted by atomic mass is 32.2. The van der Waals surface area contributed by atoms with Gasteiger partial charge in [0, 0.05) is 35.8 Å². The number of rotatable bonds is 7. The van der Waals surface area contributed by atoms with Crippen LogP contribution in [0.3, 0.4) is 0 Å². The Morgan fingerprint density at radius 3 is 2.79 bits per heavy atom. The molecule has 6 nitrogen and oxygen atoms in total. The van der Waals surface area contributed by atoms with Gasteiger partial charge in [-0.25, -0.2) is 0 Å². The lowest BCUT2D eigenvalue weighted by Gasteiger charge is -2.14. The number of aliphatic imine (C=N–C) groups is 1. The molecule has 2 aliphatic heterocycles. The summed E-state index contributed by atoms with van der Waals surface area (Å²) in [4.78, 5) is 13.0. The van der Waals surface area contributed by atoms with Gasteiger partial charge in [0.05, 0.1) is 10.7 Å². The molecule has 0 unspecified atom stereocenters. The average Bonchev–Trinajstić information content (AvgIpc) is 3.48. The van der Waals surface area contributed by atoms with E-state index in [1.165, 1.54) is 15.6 Å². The van der Waals surface area contributed by atoms with E-state index in [4.69, 9.17) is 4.98 Å². The zero-order valence-corrected chi connectivity index (χ0v) is 21.1. The number of nitrogens with one attached hydrogen (secondary N) is 1. The number of fused-ring (bicyclic) bond motifs is 1. The topological polar surface area (TPSA) is 58.5 Å². The van der Waals surface area contributed by atoms with Crippen LogP contribution in [0.25, 0.3) is 17.1 Å². The Kier molecular flexibility index (Phi) is 7.06. The first-order valence-electron chi connectivity index (χ1n) is 11.5. The summed E-state index contributed by atoms with van der Waals surface area (Å²) in [5, 5.41) is 9.86. The summed E-state index contributed by atoms with van der Waals surface area (Å²) in [6.07, 6.45) is 3.20. The fraction of sp³-hybridized carbons (Fsp3) is 0.269. The number of hydrogen-bond acceptors (Lipinski definition) is 6. The quantitative estimate of drug-likeness (QED) is 0.219. The van der Waals surface area contributed by atoms with Crippen LogP contribution in [0.1, 0.15) is 17.8 Å². The molecular formula is C26H28N6S2. The first-order valence-corrected chi connectivity index (χ1v) is 13.3. The highest BCUT2D eigenvalue weighted by molar-refractivity contribution is 8.03. The smallest absolute Gasteiger partial charge is 0.365 e.